The van der Waals surface area contributed by atoms with Crippen molar-refractivity contribution in [2.75, 3.05) is 43.9 Å². The molecule has 0 spiro atoms. The largest absolute Gasteiger partial charge is 0.399 e. The SMILES string of the molecule is CN1CCCN(c2cc(N)cc(F)c2)CC1. The smallest absolute Gasteiger partial charge is 0.127 e. The van der Waals surface area contributed by atoms with E-state index in [0.717, 1.165) is 38.3 Å². The van der Waals surface area contributed by atoms with Crippen molar-refractivity contribution in [3.05, 3.63) is 24.0 Å². The number of nitrogens with two attached hydrogens (primary N) is 1. The summed E-state index contributed by atoms with van der Waals surface area (Å²) in [7, 11) is 2.11. The number of hydrogen-bond acceptors (Lipinski definition) is 3. The molecule has 1 aliphatic heterocycles. The average molecular weight is 223 g/mol. The van der Waals surface area contributed by atoms with Gasteiger partial charge in [0.2, 0.25) is 0 Å². The third-order valence-corrected chi connectivity index (χ3v) is 2.99. The van der Waals surface area contributed by atoms with E-state index < -0.39 is 0 Å². The van der Waals surface area contributed by atoms with Gasteiger partial charge in [-0.3, -0.25) is 0 Å². The fourth-order valence-electron chi connectivity index (χ4n) is 2.08. The van der Waals surface area contributed by atoms with Crippen LogP contribution in [0.25, 0.3) is 0 Å². The Morgan fingerprint density at radius 2 is 1.94 bits per heavy atom. The van der Waals surface area contributed by atoms with Crippen molar-refractivity contribution in [3.8, 4) is 0 Å². The predicted octanol–water partition coefficient (Wildman–Crippen LogP) is 1.55. The van der Waals surface area contributed by atoms with Crippen molar-refractivity contribution in [2.24, 2.45) is 0 Å². The van der Waals surface area contributed by atoms with Crippen LogP contribution in [0.2, 0.25) is 0 Å². The summed E-state index contributed by atoms with van der Waals surface area (Å²) in [5.74, 6) is -0.257. The van der Waals surface area contributed by atoms with E-state index in [1.165, 1.54) is 6.07 Å². The second-order valence-electron chi connectivity index (χ2n) is 4.39. The van der Waals surface area contributed by atoms with Crippen molar-refractivity contribution in [2.45, 2.75) is 6.42 Å². The van der Waals surface area contributed by atoms with Crippen LogP contribution in [0.4, 0.5) is 15.8 Å². The number of hydrogen-bond donors (Lipinski definition) is 1. The molecule has 0 amide bonds. The molecule has 1 saturated heterocycles. The topological polar surface area (TPSA) is 32.5 Å². The molecule has 2 N–H and O–H groups in total. The van der Waals surface area contributed by atoms with E-state index in [9.17, 15) is 4.39 Å². The molecule has 2 rings (SSSR count). The average Bonchev–Trinajstić information content (AvgIpc) is 2.41. The number of halogens is 1. The number of benzene rings is 1. The van der Waals surface area contributed by atoms with E-state index in [2.05, 4.69) is 16.8 Å². The molecule has 3 nitrogen and oxygen atoms in total. The van der Waals surface area contributed by atoms with Crippen LogP contribution in [0.1, 0.15) is 6.42 Å². The lowest BCUT2D eigenvalue weighted by atomic mass is 10.2. The van der Waals surface area contributed by atoms with Crippen LogP contribution in [-0.2, 0) is 0 Å². The third-order valence-electron chi connectivity index (χ3n) is 2.99. The summed E-state index contributed by atoms with van der Waals surface area (Å²) in [4.78, 5) is 4.49. The second kappa shape index (κ2) is 4.70. The fraction of sp³-hybridized carbons (Fsp3) is 0.500. The maximum atomic E-state index is 13.2. The quantitative estimate of drug-likeness (QED) is 0.733. The highest BCUT2D eigenvalue weighted by atomic mass is 19.1. The first-order valence-electron chi connectivity index (χ1n) is 5.65. The molecule has 0 atom stereocenters. The molecule has 0 unspecified atom stereocenters. The Kier molecular flexibility index (Phi) is 3.29. The molecular weight excluding hydrogens is 205 g/mol. The molecule has 0 bridgehead atoms. The first-order valence-corrected chi connectivity index (χ1v) is 5.65. The Hall–Kier alpha value is -1.29. The number of rotatable bonds is 1. The van der Waals surface area contributed by atoms with Gasteiger partial charge < -0.3 is 15.5 Å². The van der Waals surface area contributed by atoms with E-state index in [4.69, 9.17) is 5.73 Å². The summed E-state index contributed by atoms with van der Waals surface area (Å²) >= 11 is 0. The zero-order valence-corrected chi connectivity index (χ0v) is 9.62. The van der Waals surface area contributed by atoms with E-state index in [-0.39, 0.29) is 5.82 Å². The molecule has 88 valence electrons. The number of likely N-dealkylation sites (N-methyl/N-ethyl adjacent to an activating group) is 1. The second-order valence-corrected chi connectivity index (χ2v) is 4.39. The zero-order chi connectivity index (χ0) is 11.5. The van der Waals surface area contributed by atoms with Crippen LogP contribution in [0.15, 0.2) is 18.2 Å². The van der Waals surface area contributed by atoms with Crippen molar-refractivity contribution in [1.82, 2.24) is 4.90 Å². The summed E-state index contributed by atoms with van der Waals surface area (Å²) < 4.78 is 13.2. The van der Waals surface area contributed by atoms with Crippen molar-refractivity contribution < 1.29 is 4.39 Å². The van der Waals surface area contributed by atoms with Gasteiger partial charge in [0.25, 0.3) is 0 Å². The minimum Gasteiger partial charge on any atom is -0.399 e. The highest BCUT2D eigenvalue weighted by Crippen LogP contribution is 2.21. The van der Waals surface area contributed by atoms with Gasteiger partial charge in [0.1, 0.15) is 5.82 Å². The van der Waals surface area contributed by atoms with Gasteiger partial charge in [-0.05, 0) is 38.2 Å². The van der Waals surface area contributed by atoms with Gasteiger partial charge in [-0.25, -0.2) is 4.39 Å². The van der Waals surface area contributed by atoms with Crippen molar-refractivity contribution in [3.63, 3.8) is 0 Å². The van der Waals surface area contributed by atoms with Crippen LogP contribution in [0.5, 0.6) is 0 Å². The minimum absolute atomic E-state index is 0.257. The minimum atomic E-state index is -0.257. The van der Waals surface area contributed by atoms with Gasteiger partial charge in [0, 0.05) is 31.0 Å². The van der Waals surface area contributed by atoms with E-state index in [0.29, 0.717) is 5.69 Å². The molecule has 1 fully saturated rings. The third kappa shape index (κ3) is 2.64. The number of anilines is 2. The van der Waals surface area contributed by atoms with Crippen molar-refractivity contribution in [1.29, 1.82) is 0 Å². The molecule has 1 aromatic carbocycles. The zero-order valence-electron chi connectivity index (χ0n) is 9.62. The monoisotopic (exact) mass is 223 g/mol. The van der Waals surface area contributed by atoms with E-state index in [1.54, 1.807) is 6.07 Å². The Labute approximate surface area is 95.6 Å². The van der Waals surface area contributed by atoms with E-state index in [1.807, 2.05) is 6.07 Å². The maximum absolute atomic E-state index is 13.2. The van der Waals surface area contributed by atoms with Crippen LogP contribution in [0, 0.1) is 5.82 Å². The Morgan fingerprint density at radius 1 is 1.12 bits per heavy atom. The molecule has 0 radical (unpaired) electrons. The number of nitrogens with zero attached hydrogens (tertiary/aromatic N) is 2. The van der Waals surface area contributed by atoms with Gasteiger partial charge in [0.15, 0.2) is 0 Å². The van der Waals surface area contributed by atoms with Gasteiger partial charge >= 0.3 is 0 Å². The Morgan fingerprint density at radius 3 is 2.69 bits per heavy atom. The van der Waals surface area contributed by atoms with Gasteiger partial charge in [-0.2, -0.15) is 0 Å². The van der Waals surface area contributed by atoms with Gasteiger partial charge in [-0.1, -0.05) is 0 Å². The van der Waals surface area contributed by atoms with E-state index >= 15 is 0 Å². The summed E-state index contributed by atoms with van der Waals surface area (Å²) in [6, 6.07) is 4.75. The maximum Gasteiger partial charge on any atom is 0.127 e. The molecule has 16 heavy (non-hydrogen) atoms. The Balaban J connectivity index is 2.16. The lowest BCUT2D eigenvalue weighted by molar-refractivity contribution is 0.360. The summed E-state index contributed by atoms with van der Waals surface area (Å²) in [5, 5.41) is 0. The lowest BCUT2D eigenvalue weighted by Gasteiger charge is -2.23. The lowest BCUT2D eigenvalue weighted by Crippen LogP contribution is -2.28. The van der Waals surface area contributed by atoms with Gasteiger partial charge in [-0.15, -0.1) is 0 Å². The van der Waals surface area contributed by atoms with Crippen molar-refractivity contribution >= 4 is 11.4 Å². The molecule has 1 aromatic rings. The molecular formula is C12H18FN3. The molecule has 1 aliphatic rings. The molecule has 1 heterocycles. The first-order chi connectivity index (χ1) is 7.65. The van der Waals surface area contributed by atoms with Crippen LogP contribution in [0.3, 0.4) is 0 Å². The van der Waals surface area contributed by atoms with Crippen LogP contribution < -0.4 is 10.6 Å². The predicted molar refractivity (Wildman–Crippen MR) is 65.1 cm³/mol. The van der Waals surface area contributed by atoms with Gasteiger partial charge in [0.05, 0.1) is 0 Å². The summed E-state index contributed by atoms with van der Waals surface area (Å²) in [5.41, 5.74) is 7.04. The molecule has 0 aromatic heterocycles. The highest BCUT2D eigenvalue weighted by molar-refractivity contribution is 5.56. The summed E-state index contributed by atoms with van der Waals surface area (Å²) in [6.07, 6.45) is 1.10. The first kappa shape index (κ1) is 11.2. The molecule has 4 heteroatoms. The Bertz CT molecular complexity index is 347. The normalized spacial score (nSPS) is 18.5. The molecule has 0 saturated carbocycles. The highest BCUT2D eigenvalue weighted by Gasteiger charge is 2.13. The van der Waals surface area contributed by atoms with Crippen LogP contribution >= 0.6 is 0 Å². The molecule has 0 aliphatic carbocycles. The number of nitrogen functional groups attached to an aromatic ring is 1. The fourth-order valence-corrected chi connectivity index (χ4v) is 2.08. The summed E-state index contributed by atoms with van der Waals surface area (Å²) in [6.45, 7) is 4.00. The van der Waals surface area contributed by atoms with Crippen LogP contribution in [-0.4, -0.2) is 38.1 Å². The standard InChI is InChI=1S/C12H18FN3/c1-15-3-2-4-16(6-5-15)12-8-10(13)7-11(14)9-12/h7-9H,2-6,14H2,1H3.